The zero-order valence-electron chi connectivity index (χ0n) is 21.4. The maximum atomic E-state index is 13.0. The fraction of sp³-hybridized carbons (Fsp3) is 0.704. The van der Waals surface area contributed by atoms with Crippen LogP contribution < -0.4 is 14.4 Å². The average molecular weight is 507 g/mol. The minimum atomic E-state index is -0.566. The molecule has 1 spiro atoms. The summed E-state index contributed by atoms with van der Waals surface area (Å²) in [6, 6.07) is 4.32. The summed E-state index contributed by atoms with van der Waals surface area (Å²) < 4.78 is 26.3. The van der Waals surface area contributed by atoms with Gasteiger partial charge in [-0.1, -0.05) is 26.8 Å². The summed E-state index contributed by atoms with van der Waals surface area (Å²) in [5.41, 5.74) is 1.95. The maximum Gasteiger partial charge on any atom is 0.313 e. The van der Waals surface area contributed by atoms with Crippen molar-refractivity contribution < 1.29 is 33.3 Å². The highest BCUT2D eigenvalue weighted by molar-refractivity contribution is 7.93. The molecule has 5 rings (SSSR count). The van der Waals surface area contributed by atoms with Crippen molar-refractivity contribution >= 4 is 23.8 Å². The van der Waals surface area contributed by atoms with E-state index in [0.29, 0.717) is 41.4 Å². The highest BCUT2D eigenvalue weighted by Crippen LogP contribution is 2.56. The molecule has 1 aromatic rings. The largest absolute Gasteiger partial charge is 0.477 e. The minimum Gasteiger partial charge on any atom is -0.477 e. The number of hydrogen-bond acceptors (Lipinski definition) is 7. The lowest BCUT2D eigenvalue weighted by Crippen LogP contribution is -3.15. The molecule has 3 aliphatic heterocycles. The van der Waals surface area contributed by atoms with Gasteiger partial charge in [0.2, 0.25) is 0 Å². The van der Waals surface area contributed by atoms with Crippen LogP contribution in [-0.4, -0.2) is 60.5 Å². The number of ketones is 1. The zero-order chi connectivity index (χ0) is 25.2. The molecule has 0 radical (unpaired) electrons. The molecule has 4 aliphatic rings. The van der Waals surface area contributed by atoms with Gasteiger partial charge in [0.05, 0.1) is 37.1 Å². The predicted octanol–water partition coefficient (Wildman–Crippen LogP) is 3.22. The number of likely N-dealkylation sites (tertiary alicyclic amines) is 1. The molecule has 35 heavy (non-hydrogen) atoms. The summed E-state index contributed by atoms with van der Waals surface area (Å²) in [6.45, 7) is 7.76. The van der Waals surface area contributed by atoms with Crippen LogP contribution in [-0.2, 0) is 26.2 Å². The number of benzene rings is 1. The molecule has 0 aromatic heterocycles. The quantitative estimate of drug-likeness (QED) is 0.334. The van der Waals surface area contributed by atoms with E-state index in [-0.39, 0.29) is 29.5 Å². The van der Waals surface area contributed by atoms with Crippen LogP contribution in [0.2, 0.25) is 0 Å². The van der Waals surface area contributed by atoms with E-state index < -0.39 is 6.10 Å². The topological polar surface area (TPSA) is 86.5 Å². The van der Waals surface area contributed by atoms with Crippen LogP contribution in [0.4, 0.5) is 0 Å². The Hall–Kier alpha value is -1.61. The Balaban J connectivity index is 0.000000356. The van der Waals surface area contributed by atoms with E-state index in [9.17, 15) is 9.59 Å². The van der Waals surface area contributed by atoms with Gasteiger partial charge in [-0.05, 0) is 42.9 Å². The van der Waals surface area contributed by atoms with Crippen molar-refractivity contribution in [3.8, 4) is 11.5 Å². The number of likely N-dealkylation sites (N-methyl/N-ethyl adjacent to an activating group) is 1. The molecular formula is C27H40NO6S+. The second kappa shape index (κ2) is 11.2. The van der Waals surface area contributed by atoms with Crippen molar-refractivity contribution in [2.45, 2.75) is 89.4 Å². The van der Waals surface area contributed by atoms with Gasteiger partial charge in [-0.2, -0.15) is 0 Å². The summed E-state index contributed by atoms with van der Waals surface area (Å²) in [7, 11) is 2.22. The van der Waals surface area contributed by atoms with Crippen molar-refractivity contribution in [3.05, 3.63) is 23.3 Å². The maximum absolute atomic E-state index is 13.0. The van der Waals surface area contributed by atoms with Crippen LogP contribution in [0.3, 0.4) is 0 Å². The van der Waals surface area contributed by atoms with Gasteiger partial charge in [-0.3, -0.25) is 9.59 Å². The first-order chi connectivity index (χ1) is 16.8. The van der Waals surface area contributed by atoms with Gasteiger partial charge in [-0.15, -0.1) is 0 Å². The molecule has 7 nitrogen and oxygen atoms in total. The molecule has 0 saturated carbocycles. The first-order valence-corrected chi connectivity index (χ1v) is 14.0. The van der Waals surface area contributed by atoms with E-state index in [1.54, 1.807) is 13.8 Å². The first-order valence-electron chi connectivity index (χ1n) is 13.1. The van der Waals surface area contributed by atoms with Crippen molar-refractivity contribution in [1.82, 2.24) is 0 Å². The number of rotatable bonds is 7. The molecule has 2 unspecified atom stereocenters. The number of quaternary nitrogens is 1. The van der Waals surface area contributed by atoms with E-state index in [0.717, 1.165) is 38.0 Å². The summed E-state index contributed by atoms with van der Waals surface area (Å²) in [6.07, 6.45) is 6.79. The van der Waals surface area contributed by atoms with Crippen LogP contribution in [0.15, 0.2) is 12.1 Å². The lowest BCUT2D eigenvalue weighted by atomic mass is 9.61. The Morgan fingerprint density at radius 1 is 1.34 bits per heavy atom. The number of hydrogen-bond donors (Lipinski definition) is 2. The molecule has 5 atom stereocenters. The zero-order valence-corrected chi connectivity index (χ0v) is 22.2. The number of Topliss-reactive ketones (excluding diaryl/α,β-unsaturated/α-hetero) is 1. The van der Waals surface area contributed by atoms with E-state index in [2.05, 4.69) is 14.0 Å². The van der Waals surface area contributed by atoms with Crippen molar-refractivity contribution in [3.63, 3.8) is 0 Å². The molecule has 2 fully saturated rings. The monoisotopic (exact) mass is 506 g/mol. The Bertz CT molecular complexity index is 930. The third kappa shape index (κ3) is 5.26. The third-order valence-electron chi connectivity index (χ3n) is 8.08. The Morgan fingerprint density at radius 2 is 2.14 bits per heavy atom. The van der Waals surface area contributed by atoms with Gasteiger partial charge in [0.15, 0.2) is 23.4 Å². The number of fused-ring (bicyclic) bond motifs is 1. The van der Waals surface area contributed by atoms with Crippen molar-refractivity contribution in [2.75, 3.05) is 26.0 Å². The van der Waals surface area contributed by atoms with E-state index in [1.165, 1.54) is 29.7 Å². The summed E-state index contributed by atoms with van der Waals surface area (Å²) >= 11 is 0.685. The molecule has 3 heterocycles. The highest BCUT2D eigenvalue weighted by Gasteiger charge is 2.60. The number of carbonyl (C=O) groups is 2. The van der Waals surface area contributed by atoms with E-state index in [4.69, 9.17) is 18.8 Å². The van der Waals surface area contributed by atoms with Crippen LogP contribution >= 0.6 is 12.0 Å². The molecule has 8 heteroatoms. The molecule has 0 amide bonds. The van der Waals surface area contributed by atoms with Crippen LogP contribution in [0, 0.1) is 5.92 Å². The highest BCUT2D eigenvalue weighted by atomic mass is 32.2. The molecule has 2 bridgehead atoms. The third-order valence-corrected chi connectivity index (χ3v) is 8.46. The SMILES string of the molecule is CC(C)C(=O)Oc1ccc2c3c1O[C@H](C(=O)CCSO)[C@@]31CC[NH+](C)[C@@H](C2)C1.CCC1CCCO1. The molecule has 2 N–H and O–H groups in total. The van der Waals surface area contributed by atoms with E-state index >= 15 is 0 Å². The molecular weight excluding hydrogens is 466 g/mol. The number of ether oxygens (including phenoxy) is 3. The molecule has 1 aliphatic carbocycles. The molecule has 1 aromatic carbocycles. The van der Waals surface area contributed by atoms with Gasteiger partial charge >= 0.3 is 5.97 Å². The van der Waals surface area contributed by atoms with E-state index in [1.807, 2.05) is 12.1 Å². The van der Waals surface area contributed by atoms with Crippen LogP contribution in [0.25, 0.3) is 0 Å². The van der Waals surface area contributed by atoms with Gasteiger partial charge in [-0.25, -0.2) is 0 Å². The van der Waals surface area contributed by atoms with Gasteiger partial charge < -0.3 is 23.7 Å². The fourth-order valence-electron chi connectivity index (χ4n) is 6.04. The summed E-state index contributed by atoms with van der Waals surface area (Å²) in [5, 5.41) is 0. The summed E-state index contributed by atoms with van der Waals surface area (Å²) in [5.74, 6) is 0.843. The molecule has 2 saturated heterocycles. The standard InChI is InChI=1S/C21H27NO5S.C6H12O/c1-12(2)20(24)26-16-5-4-13-10-14-11-21(7-8-22(14)3)17(13)18(16)27-19(21)15(23)6-9-28-25;1-2-6-4-3-5-7-6/h4-5,12,14,19,25H,6-11H2,1-3H3;6H,2-5H2,1H3/p+1/t14-,19+,21+;/m0./s1. The number of piperidine rings is 1. The molecule has 194 valence electrons. The predicted molar refractivity (Wildman–Crippen MR) is 135 cm³/mol. The Labute approximate surface area is 213 Å². The average Bonchev–Trinajstić information content (AvgIpc) is 3.49. The lowest BCUT2D eigenvalue weighted by Gasteiger charge is -2.46. The number of esters is 1. The second-order valence-corrected chi connectivity index (χ2v) is 11.4. The van der Waals surface area contributed by atoms with Crippen LogP contribution in [0.5, 0.6) is 11.5 Å². The minimum absolute atomic E-state index is 0.0186. The summed E-state index contributed by atoms with van der Waals surface area (Å²) in [4.78, 5) is 26.7. The van der Waals surface area contributed by atoms with Crippen LogP contribution in [0.1, 0.15) is 70.4 Å². The van der Waals surface area contributed by atoms with Crippen molar-refractivity contribution in [1.29, 1.82) is 0 Å². The number of nitrogens with one attached hydrogen (secondary N) is 1. The lowest BCUT2D eigenvalue weighted by molar-refractivity contribution is -0.913. The fourth-order valence-corrected chi connectivity index (χ4v) is 6.33. The van der Waals surface area contributed by atoms with Crippen molar-refractivity contribution in [2.24, 2.45) is 5.92 Å². The Kier molecular flexibility index (Phi) is 8.46. The number of carbonyl (C=O) groups excluding carboxylic acids is 2. The first kappa shape index (κ1) is 26.5. The van der Waals surface area contributed by atoms with Gasteiger partial charge in [0.1, 0.15) is 0 Å². The van der Waals surface area contributed by atoms with Gasteiger partial charge in [0.25, 0.3) is 0 Å². The smallest absolute Gasteiger partial charge is 0.313 e. The van der Waals surface area contributed by atoms with Gasteiger partial charge in [0, 0.05) is 43.6 Å². The Morgan fingerprint density at radius 3 is 2.77 bits per heavy atom. The second-order valence-electron chi connectivity index (χ2n) is 10.7. The normalized spacial score (nSPS) is 30.2.